The lowest BCUT2D eigenvalue weighted by Gasteiger charge is -2.30. The number of halogens is 2. The standard InChI is InChI=1S/C15H29N3O2.2ClH/c1-13-4-9-18(10-5-13)8-3-2-6-17-15(19)14-12-16-7-11-20-14;;/h13-14,16H,2-12H2,1H3,(H,17,19);2*1H. The Labute approximate surface area is 146 Å². The number of rotatable bonds is 6. The lowest BCUT2D eigenvalue weighted by atomic mass is 9.99. The van der Waals surface area contributed by atoms with Crippen molar-refractivity contribution in [2.75, 3.05) is 45.9 Å². The van der Waals surface area contributed by atoms with Crippen LogP contribution in [0.5, 0.6) is 0 Å². The molecule has 0 aliphatic carbocycles. The van der Waals surface area contributed by atoms with Crippen molar-refractivity contribution in [3.63, 3.8) is 0 Å². The van der Waals surface area contributed by atoms with E-state index in [9.17, 15) is 4.79 Å². The van der Waals surface area contributed by atoms with Crippen LogP contribution in [0.25, 0.3) is 0 Å². The molecule has 5 nitrogen and oxygen atoms in total. The summed E-state index contributed by atoms with van der Waals surface area (Å²) in [5.74, 6) is 0.929. The zero-order valence-electron chi connectivity index (χ0n) is 13.5. The van der Waals surface area contributed by atoms with E-state index in [0.29, 0.717) is 13.2 Å². The number of amides is 1. The molecule has 0 radical (unpaired) electrons. The van der Waals surface area contributed by atoms with Gasteiger partial charge < -0.3 is 20.3 Å². The number of ether oxygens (including phenoxy) is 1. The molecule has 1 unspecified atom stereocenters. The van der Waals surface area contributed by atoms with E-state index >= 15 is 0 Å². The summed E-state index contributed by atoms with van der Waals surface area (Å²) >= 11 is 0. The van der Waals surface area contributed by atoms with Gasteiger partial charge in [-0.3, -0.25) is 4.79 Å². The van der Waals surface area contributed by atoms with E-state index in [0.717, 1.165) is 25.4 Å². The second-order valence-corrected chi connectivity index (χ2v) is 6.09. The maximum absolute atomic E-state index is 11.8. The average Bonchev–Trinajstić information content (AvgIpc) is 2.49. The van der Waals surface area contributed by atoms with E-state index in [-0.39, 0.29) is 36.8 Å². The van der Waals surface area contributed by atoms with E-state index < -0.39 is 0 Å². The van der Waals surface area contributed by atoms with Gasteiger partial charge in [-0.15, -0.1) is 24.8 Å². The first-order valence-electron chi connectivity index (χ1n) is 8.08. The molecule has 0 aromatic rings. The summed E-state index contributed by atoms with van der Waals surface area (Å²) < 4.78 is 5.42. The molecular weight excluding hydrogens is 325 g/mol. The number of likely N-dealkylation sites (tertiary alicyclic amines) is 1. The van der Waals surface area contributed by atoms with E-state index in [4.69, 9.17) is 4.74 Å². The fourth-order valence-corrected chi connectivity index (χ4v) is 2.81. The smallest absolute Gasteiger partial charge is 0.250 e. The molecule has 0 spiro atoms. The van der Waals surface area contributed by atoms with E-state index in [1.54, 1.807) is 0 Å². The lowest BCUT2D eigenvalue weighted by molar-refractivity contribution is -0.134. The van der Waals surface area contributed by atoms with Gasteiger partial charge in [0.2, 0.25) is 5.91 Å². The first-order valence-corrected chi connectivity index (χ1v) is 8.08. The molecule has 2 aliphatic rings. The van der Waals surface area contributed by atoms with E-state index in [1.165, 1.54) is 38.9 Å². The second kappa shape index (κ2) is 12.4. The Morgan fingerprint density at radius 1 is 1.27 bits per heavy atom. The third kappa shape index (κ3) is 7.97. The molecule has 1 amide bonds. The van der Waals surface area contributed by atoms with Crippen LogP contribution in [0.2, 0.25) is 0 Å². The van der Waals surface area contributed by atoms with Gasteiger partial charge in [0.15, 0.2) is 0 Å². The fraction of sp³-hybridized carbons (Fsp3) is 0.933. The molecule has 2 heterocycles. The summed E-state index contributed by atoms with van der Waals surface area (Å²) in [6.07, 6.45) is 4.59. The molecule has 2 N–H and O–H groups in total. The monoisotopic (exact) mass is 355 g/mol. The van der Waals surface area contributed by atoms with Crippen molar-refractivity contribution >= 4 is 30.7 Å². The first-order chi connectivity index (χ1) is 9.75. The minimum Gasteiger partial charge on any atom is -0.366 e. The van der Waals surface area contributed by atoms with E-state index in [1.807, 2.05) is 0 Å². The van der Waals surface area contributed by atoms with E-state index in [2.05, 4.69) is 22.5 Å². The van der Waals surface area contributed by atoms with Gasteiger partial charge in [-0.25, -0.2) is 0 Å². The highest BCUT2D eigenvalue weighted by atomic mass is 35.5. The third-order valence-corrected chi connectivity index (χ3v) is 4.30. The number of nitrogens with zero attached hydrogens (tertiary/aromatic N) is 1. The third-order valence-electron chi connectivity index (χ3n) is 4.30. The topological polar surface area (TPSA) is 53.6 Å². The molecule has 0 aromatic heterocycles. The van der Waals surface area contributed by atoms with Crippen LogP contribution in [-0.2, 0) is 9.53 Å². The lowest BCUT2D eigenvalue weighted by Crippen LogP contribution is -2.48. The van der Waals surface area contributed by atoms with Crippen molar-refractivity contribution in [2.45, 2.75) is 38.7 Å². The van der Waals surface area contributed by atoms with Gasteiger partial charge >= 0.3 is 0 Å². The molecule has 2 saturated heterocycles. The molecule has 132 valence electrons. The van der Waals surface area contributed by atoms with Gasteiger partial charge in [-0.2, -0.15) is 0 Å². The normalized spacial score (nSPS) is 23.2. The van der Waals surface area contributed by atoms with Crippen molar-refractivity contribution in [3.05, 3.63) is 0 Å². The molecule has 2 aliphatic heterocycles. The summed E-state index contributed by atoms with van der Waals surface area (Å²) in [5, 5.41) is 6.15. The minimum atomic E-state index is -0.299. The predicted molar refractivity (Wildman–Crippen MR) is 94.2 cm³/mol. The quantitative estimate of drug-likeness (QED) is 0.708. The Morgan fingerprint density at radius 2 is 2.00 bits per heavy atom. The van der Waals surface area contributed by atoms with Crippen molar-refractivity contribution in [3.8, 4) is 0 Å². The fourth-order valence-electron chi connectivity index (χ4n) is 2.81. The van der Waals surface area contributed by atoms with Crippen molar-refractivity contribution in [2.24, 2.45) is 5.92 Å². The number of piperidine rings is 1. The number of unbranched alkanes of at least 4 members (excludes halogenated alkanes) is 1. The van der Waals surface area contributed by atoms with Crippen LogP contribution in [0.4, 0.5) is 0 Å². The zero-order chi connectivity index (χ0) is 14.2. The van der Waals surface area contributed by atoms with Crippen LogP contribution in [0.15, 0.2) is 0 Å². The minimum absolute atomic E-state index is 0. The van der Waals surface area contributed by atoms with Gasteiger partial charge in [0, 0.05) is 19.6 Å². The van der Waals surface area contributed by atoms with Crippen LogP contribution in [-0.4, -0.2) is 62.8 Å². The highest BCUT2D eigenvalue weighted by molar-refractivity contribution is 5.85. The van der Waals surface area contributed by atoms with Crippen LogP contribution >= 0.6 is 24.8 Å². The van der Waals surface area contributed by atoms with Crippen molar-refractivity contribution in [1.29, 1.82) is 0 Å². The number of hydrogen-bond donors (Lipinski definition) is 2. The van der Waals surface area contributed by atoms with Crippen molar-refractivity contribution in [1.82, 2.24) is 15.5 Å². The Hall–Kier alpha value is -0.0700. The number of hydrogen-bond acceptors (Lipinski definition) is 4. The second-order valence-electron chi connectivity index (χ2n) is 6.09. The largest absolute Gasteiger partial charge is 0.366 e. The zero-order valence-corrected chi connectivity index (χ0v) is 15.1. The Morgan fingerprint density at radius 3 is 2.64 bits per heavy atom. The average molecular weight is 356 g/mol. The molecular formula is C15H31Cl2N3O2. The Balaban J connectivity index is 0.00000220. The summed E-state index contributed by atoms with van der Waals surface area (Å²) in [5.41, 5.74) is 0. The number of carbonyl (C=O) groups is 1. The van der Waals surface area contributed by atoms with Gasteiger partial charge in [-0.1, -0.05) is 6.92 Å². The van der Waals surface area contributed by atoms with Crippen LogP contribution in [0, 0.1) is 5.92 Å². The summed E-state index contributed by atoms with van der Waals surface area (Å²) in [4.78, 5) is 14.4. The molecule has 1 atom stereocenters. The molecule has 0 bridgehead atoms. The Kier molecular flexibility index (Phi) is 12.3. The van der Waals surface area contributed by atoms with Gasteiger partial charge in [0.25, 0.3) is 0 Å². The summed E-state index contributed by atoms with van der Waals surface area (Å²) in [6, 6.07) is 0. The predicted octanol–water partition coefficient (Wildman–Crippen LogP) is 1.45. The number of nitrogens with one attached hydrogen (secondary N) is 2. The summed E-state index contributed by atoms with van der Waals surface area (Å²) in [6.45, 7) is 8.88. The van der Waals surface area contributed by atoms with Gasteiger partial charge in [0.1, 0.15) is 6.10 Å². The highest BCUT2D eigenvalue weighted by Crippen LogP contribution is 2.15. The van der Waals surface area contributed by atoms with Gasteiger partial charge in [-0.05, 0) is 51.2 Å². The Bertz CT molecular complexity index is 295. The van der Waals surface area contributed by atoms with Crippen LogP contribution in [0.1, 0.15) is 32.6 Å². The summed E-state index contributed by atoms with van der Waals surface area (Å²) in [7, 11) is 0. The molecule has 2 rings (SSSR count). The first kappa shape index (κ1) is 21.9. The number of morpholine rings is 1. The van der Waals surface area contributed by atoms with Gasteiger partial charge in [0.05, 0.1) is 6.61 Å². The molecule has 7 heteroatoms. The highest BCUT2D eigenvalue weighted by Gasteiger charge is 2.21. The van der Waals surface area contributed by atoms with Crippen LogP contribution in [0.3, 0.4) is 0 Å². The molecule has 2 fully saturated rings. The molecule has 22 heavy (non-hydrogen) atoms. The number of carbonyl (C=O) groups excluding carboxylic acids is 1. The maximum atomic E-state index is 11.8. The maximum Gasteiger partial charge on any atom is 0.250 e. The molecule has 0 saturated carbocycles. The molecule has 0 aromatic carbocycles. The van der Waals surface area contributed by atoms with Crippen LogP contribution < -0.4 is 10.6 Å². The SMILES string of the molecule is CC1CCN(CCCCNC(=O)C2CNCCO2)CC1.Cl.Cl. The van der Waals surface area contributed by atoms with Crippen molar-refractivity contribution < 1.29 is 9.53 Å².